The van der Waals surface area contributed by atoms with Gasteiger partial charge in [0.05, 0.1) is 6.10 Å². The van der Waals surface area contributed by atoms with Crippen LogP contribution in [0.15, 0.2) is 24.3 Å². The van der Waals surface area contributed by atoms with E-state index in [1.54, 1.807) is 7.11 Å². The largest absolute Gasteiger partial charge is 0.375 e. The summed E-state index contributed by atoms with van der Waals surface area (Å²) >= 11 is 0. The van der Waals surface area contributed by atoms with Crippen molar-refractivity contribution in [3.8, 4) is 0 Å². The third-order valence-corrected chi connectivity index (χ3v) is 2.93. The number of nitrogens with zero attached hydrogens (tertiary/aromatic N) is 1. The summed E-state index contributed by atoms with van der Waals surface area (Å²) in [4.78, 5) is 2.33. The normalized spacial score (nSPS) is 22.9. The van der Waals surface area contributed by atoms with Crippen molar-refractivity contribution >= 4 is 0 Å². The predicted molar refractivity (Wildman–Crippen MR) is 57.4 cm³/mol. The molecule has 0 saturated carbocycles. The van der Waals surface area contributed by atoms with E-state index >= 15 is 0 Å². The maximum Gasteiger partial charge on any atom is 0.0950 e. The average molecular weight is 191 g/mol. The van der Waals surface area contributed by atoms with Crippen molar-refractivity contribution in [1.29, 1.82) is 0 Å². The third-order valence-electron chi connectivity index (χ3n) is 2.93. The van der Waals surface area contributed by atoms with E-state index in [-0.39, 0.29) is 6.10 Å². The van der Waals surface area contributed by atoms with Crippen LogP contribution in [0.4, 0.5) is 0 Å². The SMILES string of the molecule is COC1CN(C)CCc2ccccc21. The van der Waals surface area contributed by atoms with Crippen LogP contribution >= 0.6 is 0 Å². The van der Waals surface area contributed by atoms with Crippen LogP contribution in [-0.2, 0) is 11.2 Å². The van der Waals surface area contributed by atoms with E-state index in [1.807, 2.05) is 0 Å². The van der Waals surface area contributed by atoms with Gasteiger partial charge in [-0.05, 0) is 24.6 Å². The molecule has 0 fully saturated rings. The highest BCUT2D eigenvalue weighted by molar-refractivity contribution is 5.30. The first-order chi connectivity index (χ1) is 6.81. The molecule has 1 heterocycles. The molecule has 1 aliphatic rings. The third kappa shape index (κ3) is 1.81. The molecule has 1 unspecified atom stereocenters. The lowest BCUT2D eigenvalue weighted by Gasteiger charge is -2.19. The van der Waals surface area contributed by atoms with Gasteiger partial charge in [0.25, 0.3) is 0 Å². The Morgan fingerprint density at radius 2 is 2.14 bits per heavy atom. The number of methoxy groups -OCH3 is 1. The zero-order chi connectivity index (χ0) is 9.97. The van der Waals surface area contributed by atoms with E-state index in [0.717, 1.165) is 19.5 Å². The first kappa shape index (κ1) is 9.69. The highest BCUT2D eigenvalue weighted by Crippen LogP contribution is 2.25. The number of hydrogen-bond donors (Lipinski definition) is 0. The minimum Gasteiger partial charge on any atom is -0.375 e. The summed E-state index contributed by atoms with van der Waals surface area (Å²) in [6, 6.07) is 8.59. The lowest BCUT2D eigenvalue weighted by atomic mass is 10.0. The molecule has 1 aromatic carbocycles. The van der Waals surface area contributed by atoms with Crippen molar-refractivity contribution < 1.29 is 4.74 Å². The minimum absolute atomic E-state index is 0.235. The summed E-state index contributed by atoms with van der Waals surface area (Å²) < 4.78 is 5.53. The van der Waals surface area contributed by atoms with Gasteiger partial charge in [0.15, 0.2) is 0 Å². The molecule has 0 spiro atoms. The van der Waals surface area contributed by atoms with Crippen LogP contribution in [0.1, 0.15) is 17.2 Å². The zero-order valence-electron chi connectivity index (χ0n) is 8.86. The van der Waals surface area contributed by atoms with Crippen LogP contribution in [0.2, 0.25) is 0 Å². The fraction of sp³-hybridized carbons (Fsp3) is 0.500. The van der Waals surface area contributed by atoms with Crippen LogP contribution in [-0.4, -0.2) is 32.1 Å². The van der Waals surface area contributed by atoms with Gasteiger partial charge in [-0.25, -0.2) is 0 Å². The molecule has 2 nitrogen and oxygen atoms in total. The summed E-state index contributed by atoms with van der Waals surface area (Å²) in [6.45, 7) is 2.12. The number of likely N-dealkylation sites (N-methyl/N-ethyl adjacent to an activating group) is 1. The van der Waals surface area contributed by atoms with Gasteiger partial charge < -0.3 is 9.64 Å². The maximum absolute atomic E-state index is 5.53. The molecule has 0 saturated heterocycles. The molecule has 0 aromatic heterocycles. The Hall–Kier alpha value is -0.860. The molecule has 0 amide bonds. The highest BCUT2D eigenvalue weighted by Gasteiger charge is 2.19. The molecule has 2 heteroatoms. The summed E-state index contributed by atoms with van der Waals surface area (Å²) in [5.41, 5.74) is 2.79. The first-order valence-electron chi connectivity index (χ1n) is 5.10. The standard InChI is InChI=1S/C12H17NO/c1-13-8-7-10-5-3-4-6-11(10)12(9-13)14-2/h3-6,12H,7-9H2,1-2H3. The van der Waals surface area contributed by atoms with E-state index in [9.17, 15) is 0 Å². The van der Waals surface area contributed by atoms with Crippen LogP contribution < -0.4 is 0 Å². The Morgan fingerprint density at radius 3 is 2.93 bits per heavy atom. The number of fused-ring (bicyclic) bond motifs is 1. The van der Waals surface area contributed by atoms with Gasteiger partial charge in [0.2, 0.25) is 0 Å². The smallest absolute Gasteiger partial charge is 0.0950 e. The summed E-state index contributed by atoms with van der Waals surface area (Å²) in [5, 5.41) is 0. The molecule has 14 heavy (non-hydrogen) atoms. The van der Waals surface area contributed by atoms with E-state index < -0.39 is 0 Å². The lowest BCUT2D eigenvalue weighted by molar-refractivity contribution is 0.0762. The molecule has 0 radical (unpaired) electrons. The van der Waals surface area contributed by atoms with Gasteiger partial charge in [-0.2, -0.15) is 0 Å². The van der Waals surface area contributed by atoms with Crippen molar-refractivity contribution in [1.82, 2.24) is 4.90 Å². The molecule has 1 atom stereocenters. The topological polar surface area (TPSA) is 12.5 Å². The average Bonchev–Trinajstić information content (AvgIpc) is 2.38. The molecule has 76 valence electrons. The maximum atomic E-state index is 5.53. The Bertz CT molecular complexity index is 311. The monoisotopic (exact) mass is 191 g/mol. The number of rotatable bonds is 1. The van der Waals surface area contributed by atoms with Gasteiger partial charge in [0.1, 0.15) is 0 Å². The summed E-state index contributed by atoms with van der Waals surface area (Å²) in [5.74, 6) is 0. The second-order valence-electron chi connectivity index (χ2n) is 3.94. The van der Waals surface area contributed by atoms with Gasteiger partial charge in [-0.15, -0.1) is 0 Å². The second-order valence-corrected chi connectivity index (χ2v) is 3.94. The molecule has 1 aromatic rings. The fourth-order valence-electron chi connectivity index (χ4n) is 2.06. The van der Waals surface area contributed by atoms with E-state index in [4.69, 9.17) is 4.74 Å². The van der Waals surface area contributed by atoms with Crippen molar-refractivity contribution in [2.24, 2.45) is 0 Å². The Labute approximate surface area is 85.5 Å². The minimum atomic E-state index is 0.235. The van der Waals surface area contributed by atoms with Crippen molar-refractivity contribution in [2.45, 2.75) is 12.5 Å². The van der Waals surface area contributed by atoms with E-state index in [2.05, 4.69) is 36.2 Å². The van der Waals surface area contributed by atoms with Crippen molar-refractivity contribution in [2.75, 3.05) is 27.2 Å². The Morgan fingerprint density at radius 1 is 1.36 bits per heavy atom. The molecule has 0 bridgehead atoms. The number of benzene rings is 1. The van der Waals surface area contributed by atoms with E-state index in [0.29, 0.717) is 0 Å². The van der Waals surface area contributed by atoms with Gasteiger partial charge in [-0.1, -0.05) is 24.3 Å². The second kappa shape index (κ2) is 4.11. The zero-order valence-corrected chi connectivity index (χ0v) is 8.86. The first-order valence-corrected chi connectivity index (χ1v) is 5.10. The fourth-order valence-corrected chi connectivity index (χ4v) is 2.06. The highest BCUT2D eigenvalue weighted by atomic mass is 16.5. The van der Waals surface area contributed by atoms with Crippen LogP contribution in [0.25, 0.3) is 0 Å². The van der Waals surface area contributed by atoms with E-state index in [1.165, 1.54) is 11.1 Å². The molecule has 0 aliphatic carbocycles. The van der Waals surface area contributed by atoms with Crippen LogP contribution in [0, 0.1) is 0 Å². The van der Waals surface area contributed by atoms with Crippen LogP contribution in [0.3, 0.4) is 0 Å². The molecule has 2 rings (SSSR count). The predicted octanol–water partition coefficient (Wildman–Crippen LogP) is 1.86. The molecular weight excluding hydrogens is 174 g/mol. The summed E-state index contributed by atoms with van der Waals surface area (Å²) in [6.07, 6.45) is 1.37. The Kier molecular flexibility index (Phi) is 2.85. The molecule has 1 aliphatic heterocycles. The number of hydrogen-bond acceptors (Lipinski definition) is 2. The van der Waals surface area contributed by atoms with Gasteiger partial charge in [0, 0.05) is 20.2 Å². The number of ether oxygens (including phenoxy) is 1. The summed E-state index contributed by atoms with van der Waals surface area (Å²) in [7, 11) is 3.94. The molecule has 0 N–H and O–H groups in total. The lowest BCUT2D eigenvalue weighted by Crippen LogP contribution is -2.24. The van der Waals surface area contributed by atoms with Gasteiger partial charge in [-0.3, -0.25) is 0 Å². The van der Waals surface area contributed by atoms with Crippen LogP contribution in [0.5, 0.6) is 0 Å². The van der Waals surface area contributed by atoms with Crippen molar-refractivity contribution in [3.05, 3.63) is 35.4 Å². The Balaban J connectivity index is 2.34. The molecular formula is C12H17NO. The van der Waals surface area contributed by atoms with Gasteiger partial charge >= 0.3 is 0 Å². The quantitative estimate of drug-likeness (QED) is 0.672. The van der Waals surface area contributed by atoms with Crippen molar-refractivity contribution in [3.63, 3.8) is 0 Å².